The van der Waals surface area contributed by atoms with Gasteiger partial charge in [0.2, 0.25) is 5.91 Å². The predicted octanol–water partition coefficient (Wildman–Crippen LogP) is 0.142. The lowest BCUT2D eigenvalue weighted by Gasteiger charge is -2.13. The van der Waals surface area contributed by atoms with E-state index in [-0.39, 0.29) is 6.61 Å². The number of rotatable bonds is 2. The zero-order chi connectivity index (χ0) is 8.43. The van der Waals surface area contributed by atoms with Crippen LogP contribution in [0.25, 0.3) is 0 Å². The van der Waals surface area contributed by atoms with E-state index in [0.717, 1.165) is 0 Å². The molecule has 5 heteroatoms. The fourth-order valence-electron chi connectivity index (χ4n) is 1.16. The molecular formula is C6H9F2NO2. The van der Waals surface area contributed by atoms with E-state index in [0.29, 0.717) is 6.42 Å². The first-order chi connectivity index (χ1) is 5.13. The average Bonchev–Trinajstić information content (AvgIpc) is 2.32. The van der Waals surface area contributed by atoms with Gasteiger partial charge in [0.1, 0.15) is 6.10 Å². The van der Waals surface area contributed by atoms with Gasteiger partial charge in [-0.1, -0.05) is 0 Å². The maximum atomic E-state index is 12.0. The third-order valence-corrected chi connectivity index (χ3v) is 1.75. The number of halogens is 2. The van der Waals surface area contributed by atoms with Crippen molar-refractivity contribution in [2.24, 2.45) is 11.7 Å². The van der Waals surface area contributed by atoms with Crippen molar-refractivity contribution >= 4 is 5.91 Å². The fraction of sp³-hybridized carbons (Fsp3) is 0.833. The van der Waals surface area contributed by atoms with Gasteiger partial charge in [-0.3, -0.25) is 4.79 Å². The van der Waals surface area contributed by atoms with Gasteiger partial charge in [-0.25, -0.2) is 8.78 Å². The molecule has 1 aliphatic heterocycles. The molecule has 0 spiro atoms. The standard InChI is InChI=1S/C6H9F2NO2/c7-5(8)4-3(6(9)10)1-2-11-4/h3-5H,1-2H2,(H2,9,10). The third-order valence-electron chi connectivity index (χ3n) is 1.75. The monoisotopic (exact) mass is 165 g/mol. The number of hydrogen-bond acceptors (Lipinski definition) is 2. The van der Waals surface area contributed by atoms with Gasteiger partial charge in [0.15, 0.2) is 0 Å². The highest BCUT2D eigenvalue weighted by molar-refractivity contribution is 5.77. The summed E-state index contributed by atoms with van der Waals surface area (Å²) in [5.41, 5.74) is 4.87. The minimum atomic E-state index is -2.62. The zero-order valence-corrected chi connectivity index (χ0v) is 5.80. The van der Waals surface area contributed by atoms with Gasteiger partial charge in [-0.05, 0) is 6.42 Å². The summed E-state index contributed by atoms with van der Waals surface area (Å²) < 4.78 is 28.7. The van der Waals surface area contributed by atoms with Crippen LogP contribution in [0.15, 0.2) is 0 Å². The molecule has 0 saturated carbocycles. The SMILES string of the molecule is NC(=O)C1CCOC1C(F)F. The Labute approximate surface area is 62.5 Å². The molecule has 0 aromatic heterocycles. The van der Waals surface area contributed by atoms with Crippen molar-refractivity contribution in [3.8, 4) is 0 Å². The van der Waals surface area contributed by atoms with Crippen LogP contribution in [0.5, 0.6) is 0 Å². The van der Waals surface area contributed by atoms with Gasteiger partial charge >= 0.3 is 0 Å². The Kier molecular flexibility index (Phi) is 2.38. The molecule has 0 aromatic carbocycles. The molecule has 2 N–H and O–H groups in total. The molecule has 1 fully saturated rings. The molecule has 1 aliphatic rings. The molecule has 1 amide bonds. The first-order valence-corrected chi connectivity index (χ1v) is 3.32. The maximum absolute atomic E-state index is 12.0. The van der Waals surface area contributed by atoms with Crippen molar-refractivity contribution < 1.29 is 18.3 Å². The Morgan fingerprint density at radius 3 is 2.64 bits per heavy atom. The summed E-state index contributed by atoms with van der Waals surface area (Å²) in [5.74, 6) is -1.51. The van der Waals surface area contributed by atoms with Crippen LogP contribution in [0, 0.1) is 5.92 Å². The predicted molar refractivity (Wildman–Crippen MR) is 33.0 cm³/mol. The highest BCUT2D eigenvalue weighted by atomic mass is 19.3. The molecule has 2 atom stereocenters. The van der Waals surface area contributed by atoms with Gasteiger partial charge in [-0.2, -0.15) is 0 Å². The summed E-state index contributed by atoms with van der Waals surface area (Å²) in [7, 11) is 0. The Balaban J connectivity index is 2.58. The van der Waals surface area contributed by atoms with Crippen molar-refractivity contribution in [2.45, 2.75) is 19.0 Å². The third kappa shape index (κ3) is 1.65. The van der Waals surface area contributed by atoms with Crippen LogP contribution in [0.3, 0.4) is 0 Å². The Bertz CT molecular complexity index is 163. The van der Waals surface area contributed by atoms with Crippen LogP contribution in [0.4, 0.5) is 8.78 Å². The van der Waals surface area contributed by atoms with E-state index in [1.54, 1.807) is 0 Å². The molecule has 0 aromatic rings. The van der Waals surface area contributed by atoms with Crippen LogP contribution in [-0.2, 0) is 9.53 Å². The van der Waals surface area contributed by atoms with Gasteiger partial charge in [0.05, 0.1) is 5.92 Å². The van der Waals surface area contributed by atoms with Crippen molar-refractivity contribution in [2.75, 3.05) is 6.61 Å². The van der Waals surface area contributed by atoms with E-state index in [1.165, 1.54) is 0 Å². The van der Waals surface area contributed by atoms with Gasteiger partial charge < -0.3 is 10.5 Å². The lowest BCUT2D eigenvalue weighted by Crippen LogP contribution is -2.34. The van der Waals surface area contributed by atoms with Crippen LogP contribution in [0.2, 0.25) is 0 Å². The van der Waals surface area contributed by atoms with Crippen molar-refractivity contribution in [3.63, 3.8) is 0 Å². The van der Waals surface area contributed by atoms with E-state index >= 15 is 0 Å². The first-order valence-electron chi connectivity index (χ1n) is 3.32. The lowest BCUT2D eigenvalue weighted by molar-refractivity contribution is -0.127. The molecular weight excluding hydrogens is 156 g/mol. The largest absolute Gasteiger partial charge is 0.371 e. The summed E-state index contributed by atoms with van der Waals surface area (Å²) in [6.45, 7) is 0.197. The zero-order valence-electron chi connectivity index (χ0n) is 5.80. The maximum Gasteiger partial charge on any atom is 0.265 e. The van der Waals surface area contributed by atoms with Crippen LogP contribution in [0.1, 0.15) is 6.42 Å². The Morgan fingerprint density at radius 1 is 1.64 bits per heavy atom. The van der Waals surface area contributed by atoms with Crippen LogP contribution in [-0.4, -0.2) is 25.0 Å². The van der Waals surface area contributed by atoms with Crippen molar-refractivity contribution in [1.82, 2.24) is 0 Å². The average molecular weight is 165 g/mol. The quantitative estimate of drug-likeness (QED) is 0.632. The lowest BCUT2D eigenvalue weighted by atomic mass is 10.0. The van der Waals surface area contributed by atoms with E-state index in [1.807, 2.05) is 0 Å². The molecule has 11 heavy (non-hydrogen) atoms. The van der Waals surface area contributed by atoms with E-state index in [9.17, 15) is 13.6 Å². The second-order valence-electron chi connectivity index (χ2n) is 2.47. The normalized spacial score (nSPS) is 31.2. The second kappa shape index (κ2) is 3.13. The summed E-state index contributed by atoms with van der Waals surface area (Å²) in [5, 5.41) is 0. The van der Waals surface area contributed by atoms with Gasteiger partial charge in [-0.15, -0.1) is 0 Å². The number of carbonyl (C=O) groups is 1. The minimum absolute atomic E-state index is 0.197. The molecule has 64 valence electrons. The minimum Gasteiger partial charge on any atom is -0.371 e. The first kappa shape index (κ1) is 8.39. The molecule has 2 unspecified atom stereocenters. The number of primary amides is 1. The number of alkyl halides is 2. The second-order valence-corrected chi connectivity index (χ2v) is 2.47. The number of nitrogens with two attached hydrogens (primary N) is 1. The van der Waals surface area contributed by atoms with Crippen molar-refractivity contribution in [3.05, 3.63) is 0 Å². The van der Waals surface area contributed by atoms with E-state index in [4.69, 9.17) is 5.73 Å². The molecule has 1 rings (SSSR count). The Hall–Kier alpha value is -0.710. The summed E-state index contributed by atoms with van der Waals surface area (Å²) >= 11 is 0. The van der Waals surface area contributed by atoms with Gasteiger partial charge in [0, 0.05) is 6.61 Å². The molecule has 3 nitrogen and oxygen atoms in total. The summed E-state index contributed by atoms with van der Waals surface area (Å²) in [6, 6.07) is 0. The molecule has 1 saturated heterocycles. The number of amides is 1. The number of hydrogen-bond donors (Lipinski definition) is 1. The summed E-state index contributed by atoms with van der Waals surface area (Å²) in [4.78, 5) is 10.5. The fourth-order valence-corrected chi connectivity index (χ4v) is 1.16. The smallest absolute Gasteiger partial charge is 0.265 e. The molecule has 0 aliphatic carbocycles. The highest BCUT2D eigenvalue weighted by Gasteiger charge is 2.38. The molecule has 0 radical (unpaired) electrons. The summed E-state index contributed by atoms with van der Waals surface area (Å²) in [6.07, 6.45) is -3.59. The molecule has 0 bridgehead atoms. The van der Waals surface area contributed by atoms with E-state index < -0.39 is 24.4 Å². The van der Waals surface area contributed by atoms with Crippen LogP contribution < -0.4 is 5.73 Å². The Morgan fingerprint density at radius 2 is 2.27 bits per heavy atom. The van der Waals surface area contributed by atoms with Crippen molar-refractivity contribution in [1.29, 1.82) is 0 Å². The topological polar surface area (TPSA) is 52.3 Å². The highest BCUT2D eigenvalue weighted by Crippen LogP contribution is 2.25. The van der Waals surface area contributed by atoms with Crippen LogP contribution >= 0.6 is 0 Å². The van der Waals surface area contributed by atoms with Gasteiger partial charge in [0.25, 0.3) is 6.43 Å². The number of carbonyl (C=O) groups excluding carboxylic acids is 1. The number of ether oxygens (including phenoxy) is 1. The van der Waals surface area contributed by atoms with E-state index in [2.05, 4.69) is 4.74 Å². The molecule has 1 heterocycles.